The van der Waals surface area contributed by atoms with Crippen molar-refractivity contribution in [1.82, 2.24) is 0 Å². The number of fused-ring (bicyclic) bond motifs is 3. The Bertz CT molecular complexity index is 171. The van der Waals surface area contributed by atoms with E-state index in [2.05, 4.69) is 20.8 Å². The van der Waals surface area contributed by atoms with Crippen molar-refractivity contribution in [3.8, 4) is 0 Å². The average Bonchev–Trinajstić information content (AvgIpc) is 2.20. The molecule has 2 bridgehead atoms. The normalized spacial score (nSPS) is 44.3. The maximum atomic E-state index is 6.08. The summed E-state index contributed by atoms with van der Waals surface area (Å²) in [4.78, 5) is 0. The van der Waals surface area contributed by atoms with E-state index in [0.717, 1.165) is 12.5 Å². The highest BCUT2D eigenvalue weighted by atomic mass is 16.5. The van der Waals surface area contributed by atoms with E-state index in [-0.39, 0.29) is 5.60 Å². The highest BCUT2D eigenvalue weighted by Gasteiger charge is 2.49. The lowest BCUT2D eigenvalue weighted by atomic mass is 9.61. The third-order valence-corrected chi connectivity index (χ3v) is 4.69. The summed E-state index contributed by atoms with van der Waals surface area (Å²) in [5.74, 6) is 0.794. The van der Waals surface area contributed by atoms with Gasteiger partial charge in [-0.05, 0) is 43.4 Å². The van der Waals surface area contributed by atoms with Crippen LogP contribution in [0.2, 0.25) is 0 Å². The Morgan fingerprint density at radius 2 is 1.77 bits per heavy atom. The summed E-state index contributed by atoms with van der Waals surface area (Å²) in [5.41, 5.74) is 0.827. The van der Waals surface area contributed by atoms with Crippen LogP contribution in [0.3, 0.4) is 0 Å². The van der Waals surface area contributed by atoms with Crippen LogP contribution in [0, 0.1) is 11.3 Å². The second-order valence-electron chi connectivity index (χ2n) is 5.34. The van der Waals surface area contributed by atoms with Crippen molar-refractivity contribution in [2.24, 2.45) is 11.3 Å². The predicted molar refractivity (Wildman–Crippen MR) is 54.7 cm³/mol. The summed E-state index contributed by atoms with van der Waals surface area (Å²) in [6.07, 6.45) is 6.63. The Labute approximate surface area is 81.9 Å². The minimum absolute atomic E-state index is 0.288. The molecule has 2 heterocycles. The summed E-state index contributed by atoms with van der Waals surface area (Å²) < 4.78 is 6.08. The van der Waals surface area contributed by atoms with E-state index in [1.165, 1.54) is 32.1 Å². The molecular formula is C12H22O. The van der Waals surface area contributed by atoms with Crippen molar-refractivity contribution in [2.75, 3.05) is 6.61 Å². The summed E-state index contributed by atoms with van der Waals surface area (Å²) in [7, 11) is 0. The third-order valence-electron chi connectivity index (χ3n) is 4.69. The zero-order valence-corrected chi connectivity index (χ0v) is 9.23. The van der Waals surface area contributed by atoms with Gasteiger partial charge in [-0.2, -0.15) is 0 Å². The number of rotatable bonds is 2. The minimum atomic E-state index is 0.288. The largest absolute Gasteiger partial charge is 0.374 e. The standard InChI is InChI=1S/C12H22O/c1-4-12-7-5-11(6-8-12,9-13-12)10(2)3/h10H,4-9H2,1-3H3. The molecule has 0 unspecified atom stereocenters. The molecule has 2 aliphatic heterocycles. The molecule has 0 amide bonds. The van der Waals surface area contributed by atoms with Gasteiger partial charge in [0.15, 0.2) is 0 Å². The lowest BCUT2D eigenvalue weighted by Crippen LogP contribution is -2.52. The molecule has 0 aromatic heterocycles. The van der Waals surface area contributed by atoms with Crippen LogP contribution >= 0.6 is 0 Å². The van der Waals surface area contributed by atoms with Gasteiger partial charge in [0.1, 0.15) is 0 Å². The molecule has 3 fully saturated rings. The summed E-state index contributed by atoms with van der Waals surface area (Å²) in [5, 5.41) is 0. The molecule has 1 aliphatic carbocycles. The second kappa shape index (κ2) is 2.98. The molecule has 3 aliphatic rings. The Morgan fingerprint density at radius 3 is 2.08 bits per heavy atom. The van der Waals surface area contributed by atoms with Crippen LogP contribution < -0.4 is 0 Å². The van der Waals surface area contributed by atoms with Gasteiger partial charge >= 0.3 is 0 Å². The van der Waals surface area contributed by atoms with E-state index >= 15 is 0 Å². The fourth-order valence-corrected chi connectivity index (χ4v) is 2.99. The molecule has 0 spiro atoms. The van der Waals surface area contributed by atoms with Crippen LogP contribution in [0.5, 0.6) is 0 Å². The Morgan fingerprint density at radius 1 is 1.15 bits per heavy atom. The van der Waals surface area contributed by atoms with Gasteiger partial charge in [-0.1, -0.05) is 20.8 Å². The van der Waals surface area contributed by atoms with E-state index in [1.807, 2.05) is 0 Å². The smallest absolute Gasteiger partial charge is 0.0680 e. The third kappa shape index (κ3) is 1.32. The highest BCUT2D eigenvalue weighted by Crippen LogP contribution is 2.53. The van der Waals surface area contributed by atoms with Crippen LogP contribution in [0.4, 0.5) is 0 Å². The Balaban J connectivity index is 2.11. The van der Waals surface area contributed by atoms with Gasteiger partial charge in [-0.25, -0.2) is 0 Å². The fraction of sp³-hybridized carbons (Fsp3) is 1.00. The topological polar surface area (TPSA) is 9.23 Å². The van der Waals surface area contributed by atoms with E-state index in [1.54, 1.807) is 0 Å². The van der Waals surface area contributed by atoms with Gasteiger partial charge < -0.3 is 4.74 Å². The van der Waals surface area contributed by atoms with Gasteiger partial charge in [0.05, 0.1) is 12.2 Å². The predicted octanol–water partition coefficient (Wildman–Crippen LogP) is 3.38. The van der Waals surface area contributed by atoms with Crippen molar-refractivity contribution in [2.45, 2.75) is 58.5 Å². The molecule has 1 heteroatoms. The molecule has 0 aromatic carbocycles. The molecule has 1 saturated carbocycles. The van der Waals surface area contributed by atoms with Gasteiger partial charge in [0.25, 0.3) is 0 Å². The second-order valence-corrected chi connectivity index (χ2v) is 5.34. The molecule has 0 atom stereocenters. The molecule has 1 nitrogen and oxygen atoms in total. The molecule has 2 saturated heterocycles. The zero-order valence-electron chi connectivity index (χ0n) is 9.23. The van der Waals surface area contributed by atoms with Crippen LogP contribution in [0.25, 0.3) is 0 Å². The first-order valence-electron chi connectivity index (χ1n) is 5.76. The van der Waals surface area contributed by atoms with Crippen molar-refractivity contribution in [3.63, 3.8) is 0 Å². The Kier molecular flexibility index (Phi) is 2.18. The lowest BCUT2D eigenvalue weighted by Gasteiger charge is -2.55. The van der Waals surface area contributed by atoms with E-state index in [9.17, 15) is 0 Å². The maximum absolute atomic E-state index is 6.08. The van der Waals surface area contributed by atoms with E-state index < -0.39 is 0 Å². The van der Waals surface area contributed by atoms with Gasteiger partial charge in [-0.15, -0.1) is 0 Å². The maximum Gasteiger partial charge on any atom is 0.0680 e. The van der Waals surface area contributed by atoms with Crippen LogP contribution in [-0.4, -0.2) is 12.2 Å². The van der Waals surface area contributed by atoms with Crippen LogP contribution in [0.15, 0.2) is 0 Å². The van der Waals surface area contributed by atoms with Gasteiger partial charge in [0.2, 0.25) is 0 Å². The van der Waals surface area contributed by atoms with E-state index in [0.29, 0.717) is 5.41 Å². The average molecular weight is 182 g/mol. The van der Waals surface area contributed by atoms with E-state index in [4.69, 9.17) is 4.74 Å². The molecule has 3 rings (SSSR count). The monoisotopic (exact) mass is 182 g/mol. The first-order valence-corrected chi connectivity index (χ1v) is 5.76. The SMILES string of the molecule is CCC12CCC(C(C)C)(CC1)CO2. The summed E-state index contributed by atoms with van der Waals surface area (Å²) in [6.45, 7) is 8.01. The Hall–Kier alpha value is -0.0400. The lowest BCUT2D eigenvalue weighted by molar-refractivity contribution is -0.197. The molecule has 0 aromatic rings. The van der Waals surface area contributed by atoms with Crippen molar-refractivity contribution >= 4 is 0 Å². The molecule has 76 valence electrons. The van der Waals surface area contributed by atoms with Crippen LogP contribution in [-0.2, 0) is 4.74 Å². The van der Waals surface area contributed by atoms with Crippen molar-refractivity contribution in [1.29, 1.82) is 0 Å². The first-order chi connectivity index (χ1) is 6.13. The molecule has 0 radical (unpaired) electrons. The van der Waals surface area contributed by atoms with Gasteiger partial charge in [0, 0.05) is 0 Å². The fourth-order valence-electron chi connectivity index (χ4n) is 2.99. The molecule has 0 N–H and O–H groups in total. The van der Waals surface area contributed by atoms with Gasteiger partial charge in [-0.3, -0.25) is 0 Å². The van der Waals surface area contributed by atoms with Crippen molar-refractivity contribution < 1.29 is 4.74 Å². The number of hydrogen-bond acceptors (Lipinski definition) is 1. The zero-order chi connectivity index (χ0) is 9.53. The van der Waals surface area contributed by atoms with Crippen LogP contribution in [0.1, 0.15) is 52.9 Å². The number of ether oxygens (including phenoxy) is 1. The van der Waals surface area contributed by atoms with Crippen molar-refractivity contribution in [3.05, 3.63) is 0 Å². The quantitative estimate of drug-likeness (QED) is 0.636. The minimum Gasteiger partial charge on any atom is -0.374 e. The summed E-state index contributed by atoms with van der Waals surface area (Å²) in [6, 6.07) is 0. The molecular weight excluding hydrogens is 160 g/mol. The highest BCUT2D eigenvalue weighted by molar-refractivity contribution is 4.99. The first kappa shape index (κ1) is 9.51. The molecule has 13 heavy (non-hydrogen) atoms. The summed E-state index contributed by atoms with van der Waals surface area (Å²) >= 11 is 0. The number of hydrogen-bond donors (Lipinski definition) is 0.